The van der Waals surface area contributed by atoms with Gasteiger partial charge in [0.25, 0.3) is 0 Å². The van der Waals surface area contributed by atoms with Crippen molar-refractivity contribution in [3.05, 3.63) is 29.8 Å². The Morgan fingerprint density at radius 1 is 1.35 bits per heavy atom. The van der Waals surface area contributed by atoms with Gasteiger partial charge in [0, 0.05) is 5.38 Å². The SMILES string of the molecule is COc1ccccc1CC(Cl)C1CCCC1C. The summed E-state index contributed by atoms with van der Waals surface area (Å²) in [5, 5.41) is 0.240. The molecule has 1 nitrogen and oxygen atoms in total. The predicted molar refractivity (Wildman–Crippen MR) is 72.8 cm³/mol. The number of rotatable bonds is 4. The van der Waals surface area contributed by atoms with Crippen LogP contribution in [0.3, 0.4) is 0 Å². The van der Waals surface area contributed by atoms with Crippen molar-refractivity contribution in [2.24, 2.45) is 11.8 Å². The van der Waals surface area contributed by atoms with Crippen LogP contribution in [0.4, 0.5) is 0 Å². The van der Waals surface area contributed by atoms with Crippen LogP contribution in [-0.2, 0) is 6.42 Å². The molecule has 0 N–H and O–H groups in total. The second kappa shape index (κ2) is 5.77. The summed E-state index contributed by atoms with van der Waals surface area (Å²) in [5.74, 6) is 2.40. The fraction of sp³-hybridized carbons (Fsp3) is 0.600. The fourth-order valence-electron chi connectivity index (χ4n) is 2.94. The largest absolute Gasteiger partial charge is 0.496 e. The molecule has 17 heavy (non-hydrogen) atoms. The van der Waals surface area contributed by atoms with Gasteiger partial charge < -0.3 is 4.74 Å². The first-order valence-corrected chi connectivity index (χ1v) is 6.92. The number of hydrogen-bond donors (Lipinski definition) is 0. The number of alkyl halides is 1. The van der Waals surface area contributed by atoms with Crippen LogP contribution in [0.2, 0.25) is 0 Å². The minimum Gasteiger partial charge on any atom is -0.496 e. The average Bonchev–Trinajstić information content (AvgIpc) is 2.76. The summed E-state index contributed by atoms with van der Waals surface area (Å²) in [4.78, 5) is 0. The van der Waals surface area contributed by atoms with Crippen molar-refractivity contribution in [3.63, 3.8) is 0 Å². The molecule has 0 bridgehead atoms. The maximum atomic E-state index is 6.59. The standard InChI is InChI=1S/C15H21ClO/c1-11-6-5-8-13(11)14(16)10-12-7-3-4-9-15(12)17-2/h3-4,7,9,11,13-14H,5-6,8,10H2,1-2H3. The Morgan fingerprint density at radius 3 is 2.76 bits per heavy atom. The van der Waals surface area contributed by atoms with Gasteiger partial charge in [-0.2, -0.15) is 0 Å². The van der Waals surface area contributed by atoms with Crippen molar-refractivity contribution < 1.29 is 4.74 Å². The van der Waals surface area contributed by atoms with Crippen molar-refractivity contribution in [1.82, 2.24) is 0 Å². The van der Waals surface area contributed by atoms with Crippen LogP contribution in [-0.4, -0.2) is 12.5 Å². The van der Waals surface area contributed by atoms with Gasteiger partial charge in [0.2, 0.25) is 0 Å². The summed E-state index contributed by atoms with van der Waals surface area (Å²) in [6, 6.07) is 8.19. The summed E-state index contributed by atoms with van der Waals surface area (Å²) >= 11 is 6.59. The van der Waals surface area contributed by atoms with E-state index in [9.17, 15) is 0 Å². The first-order valence-electron chi connectivity index (χ1n) is 6.48. The van der Waals surface area contributed by atoms with Crippen LogP contribution in [0.25, 0.3) is 0 Å². The molecule has 1 aliphatic rings. The van der Waals surface area contributed by atoms with Crippen molar-refractivity contribution in [2.75, 3.05) is 7.11 Å². The minimum atomic E-state index is 0.240. The molecule has 2 heteroatoms. The Labute approximate surface area is 109 Å². The van der Waals surface area contributed by atoms with E-state index in [2.05, 4.69) is 19.1 Å². The summed E-state index contributed by atoms with van der Waals surface area (Å²) in [6.45, 7) is 2.33. The van der Waals surface area contributed by atoms with Crippen LogP contribution < -0.4 is 4.74 Å². The number of halogens is 1. The van der Waals surface area contributed by atoms with Gasteiger partial charge in [0.05, 0.1) is 7.11 Å². The lowest BCUT2D eigenvalue weighted by molar-refractivity contribution is 0.386. The van der Waals surface area contributed by atoms with E-state index < -0.39 is 0 Å². The molecule has 1 aromatic rings. The van der Waals surface area contributed by atoms with E-state index in [1.54, 1.807) is 7.11 Å². The van der Waals surface area contributed by atoms with Gasteiger partial charge in [-0.15, -0.1) is 11.6 Å². The molecule has 0 radical (unpaired) electrons. The maximum absolute atomic E-state index is 6.59. The molecule has 1 fully saturated rings. The van der Waals surface area contributed by atoms with Crippen molar-refractivity contribution in [2.45, 2.75) is 38.0 Å². The molecule has 0 aliphatic heterocycles. The highest BCUT2D eigenvalue weighted by molar-refractivity contribution is 6.21. The van der Waals surface area contributed by atoms with Gasteiger partial charge in [-0.25, -0.2) is 0 Å². The third-order valence-corrected chi connectivity index (χ3v) is 4.48. The highest BCUT2D eigenvalue weighted by Crippen LogP contribution is 2.37. The van der Waals surface area contributed by atoms with Crippen LogP contribution >= 0.6 is 11.6 Å². The molecule has 3 unspecified atom stereocenters. The van der Waals surface area contributed by atoms with Crippen LogP contribution in [0.15, 0.2) is 24.3 Å². The first-order chi connectivity index (χ1) is 8.22. The molecule has 0 spiro atoms. The molecule has 3 atom stereocenters. The molecule has 0 aromatic heterocycles. The highest BCUT2D eigenvalue weighted by Gasteiger charge is 2.30. The van der Waals surface area contributed by atoms with E-state index in [4.69, 9.17) is 16.3 Å². The topological polar surface area (TPSA) is 9.23 Å². The lowest BCUT2D eigenvalue weighted by Gasteiger charge is -2.22. The Hall–Kier alpha value is -0.690. The Morgan fingerprint density at radius 2 is 2.12 bits per heavy atom. The van der Waals surface area contributed by atoms with E-state index in [0.717, 1.165) is 18.1 Å². The monoisotopic (exact) mass is 252 g/mol. The molecule has 2 rings (SSSR count). The minimum absolute atomic E-state index is 0.240. The Kier molecular flexibility index (Phi) is 4.33. The van der Waals surface area contributed by atoms with Crippen molar-refractivity contribution in [3.8, 4) is 5.75 Å². The molecule has 0 amide bonds. The normalized spacial score (nSPS) is 25.8. The Balaban J connectivity index is 2.04. The van der Waals surface area contributed by atoms with Gasteiger partial charge in [0.15, 0.2) is 0 Å². The molecule has 94 valence electrons. The molecule has 0 heterocycles. The number of benzene rings is 1. The smallest absolute Gasteiger partial charge is 0.122 e. The maximum Gasteiger partial charge on any atom is 0.122 e. The molecule has 1 aromatic carbocycles. The number of para-hydroxylation sites is 1. The highest BCUT2D eigenvalue weighted by atomic mass is 35.5. The Bertz CT molecular complexity index is 364. The van der Waals surface area contributed by atoms with Gasteiger partial charge in [-0.1, -0.05) is 38.0 Å². The summed E-state index contributed by atoms with van der Waals surface area (Å²) in [7, 11) is 1.72. The van der Waals surface area contributed by atoms with Gasteiger partial charge >= 0.3 is 0 Å². The van der Waals surface area contributed by atoms with E-state index >= 15 is 0 Å². The number of ether oxygens (including phenoxy) is 1. The van der Waals surface area contributed by atoms with Gasteiger partial charge in [-0.3, -0.25) is 0 Å². The van der Waals surface area contributed by atoms with Crippen molar-refractivity contribution >= 4 is 11.6 Å². The van der Waals surface area contributed by atoms with E-state index in [0.29, 0.717) is 5.92 Å². The molecule has 1 aliphatic carbocycles. The van der Waals surface area contributed by atoms with Crippen LogP contribution in [0.5, 0.6) is 5.75 Å². The summed E-state index contributed by atoms with van der Waals surface area (Å²) in [6.07, 6.45) is 4.87. The third-order valence-electron chi connectivity index (χ3n) is 4.00. The number of methoxy groups -OCH3 is 1. The van der Waals surface area contributed by atoms with Gasteiger partial charge in [-0.05, 0) is 36.3 Å². The average molecular weight is 253 g/mol. The van der Waals surface area contributed by atoms with Crippen LogP contribution in [0.1, 0.15) is 31.7 Å². The zero-order valence-corrected chi connectivity index (χ0v) is 11.4. The second-order valence-corrected chi connectivity index (χ2v) is 5.66. The van der Waals surface area contributed by atoms with Crippen LogP contribution in [0, 0.1) is 11.8 Å². The fourth-order valence-corrected chi connectivity index (χ4v) is 3.49. The number of hydrogen-bond acceptors (Lipinski definition) is 1. The lowest BCUT2D eigenvalue weighted by Crippen LogP contribution is -2.20. The second-order valence-electron chi connectivity index (χ2n) is 5.10. The molecular weight excluding hydrogens is 232 g/mol. The molecule has 1 saturated carbocycles. The first kappa shape index (κ1) is 12.8. The third kappa shape index (κ3) is 2.95. The van der Waals surface area contributed by atoms with E-state index in [-0.39, 0.29) is 5.38 Å². The van der Waals surface area contributed by atoms with E-state index in [1.807, 2.05) is 12.1 Å². The summed E-state index contributed by atoms with van der Waals surface area (Å²) in [5.41, 5.74) is 1.23. The quantitative estimate of drug-likeness (QED) is 0.727. The predicted octanol–water partition coefficient (Wildman–Crippen LogP) is 4.28. The van der Waals surface area contributed by atoms with Gasteiger partial charge in [0.1, 0.15) is 5.75 Å². The summed E-state index contributed by atoms with van der Waals surface area (Å²) < 4.78 is 5.38. The zero-order valence-electron chi connectivity index (χ0n) is 10.7. The zero-order chi connectivity index (χ0) is 12.3. The lowest BCUT2D eigenvalue weighted by atomic mass is 9.90. The van der Waals surface area contributed by atoms with Crippen molar-refractivity contribution in [1.29, 1.82) is 0 Å². The van der Waals surface area contributed by atoms with E-state index in [1.165, 1.54) is 24.8 Å². The molecular formula is C15H21ClO. The molecule has 0 saturated heterocycles.